The number of anilines is 2. The summed E-state index contributed by atoms with van der Waals surface area (Å²) in [7, 11) is 0. The maximum absolute atomic E-state index is 13.1. The van der Waals surface area contributed by atoms with Crippen molar-refractivity contribution in [2.75, 3.05) is 62.3 Å². The van der Waals surface area contributed by atoms with Crippen molar-refractivity contribution in [2.45, 2.75) is 0 Å². The molecule has 2 aliphatic rings. The number of carbonyl (C=O) groups excluding carboxylic acids is 1. The molecule has 160 valence electrons. The number of nitrogens with zero attached hydrogens (tertiary/aromatic N) is 7. The standard InChI is InChI=1S/C22H25N7O2/c30-22(18-3-1-4-19(15-18)29-6-2-5-24-29)28-9-7-27(8-10-28)21-16-20(17-23-25-21)26-11-13-31-14-12-26/h1-6,15-17H,7-14H2. The lowest BCUT2D eigenvalue weighted by Gasteiger charge is -2.36. The van der Waals surface area contributed by atoms with E-state index < -0.39 is 0 Å². The van der Waals surface area contributed by atoms with Crippen LogP contribution < -0.4 is 9.80 Å². The van der Waals surface area contributed by atoms with Gasteiger partial charge in [0.05, 0.1) is 30.8 Å². The Hall–Kier alpha value is -3.46. The lowest BCUT2D eigenvalue weighted by molar-refractivity contribution is 0.0746. The van der Waals surface area contributed by atoms with Crippen LogP contribution in [0.3, 0.4) is 0 Å². The first kappa shape index (κ1) is 19.5. The molecule has 1 aromatic carbocycles. The number of morpholine rings is 1. The van der Waals surface area contributed by atoms with Crippen LogP contribution in [0.2, 0.25) is 0 Å². The van der Waals surface area contributed by atoms with Gasteiger partial charge in [-0.25, -0.2) is 4.68 Å². The van der Waals surface area contributed by atoms with Crippen molar-refractivity contribution >= 4 is 17.4 Å². The van der Waals surface area contributed by atoms with Gasteiger partial charge in [0.15, 0.2) is 5.82 Å². The van der Waals surface area contributed by atoms with E-state index in [-0.39, 0.29) is 5.91 Å². The Labute approximate surface area is 180 Å². The van der Waals surface area contributed by atoms with Gasteiger partial charge in [0.2, 0.25) is 0 Å². The molecule has 0 radical (unpaired) electrons. The monoisotopic (exact) mass is 419 g/mol. The predicted molar refractivity (Wildman–Crippen MR) is 117 cm³/mol. The molecule has 5 rings (SSSR count). The van der Waals surface area contributed by atoms with Crippen molar-refractivity contribution in [3.8, 4) is 5.69 Å². The minimum absolute atomic E-state index is 0.0433. The highest BCUT2D eigenvalue weighted by molar-refractivity contribution is 5.95. The fourth-order valence-corrected chi connectivity index (χ4v) is 4.02. The zero-order valence-electron chi connectivity index (χ0n) is 17.3. The Morgan fingerprint density at radius 3 is 2.52 bits per heavy atom. The van der Waals surface area contributed by atoms with Gasteiger partial charge < -0.3 is 19.4 Å². The lowest BCUT2D eigenvalue weighted by Crippen LogP contribution is -2.49. The van der Waals surface area contributed by atoms with Gasteiger partial charge in [-0.15, -0.1) is 5.10 Å². The highest BCUT2D eigenvalue weighted by Gasteiger charge is 2.24. The van der Waals surface area contributed by atoms with E-state index in [0.29, 0.717) is 18.7 Å². The molecule has 0 bridgehead atoms. The van der Waals surface area contributed by atoms with E-state index in [4.69, 9.17) is 4.74 Å². The van der Waals surface area contributed by atoms with E-state index in [1.165, 1.54) is 0 Å². The first-order chi connectivity index (χ1) is 15.3. The summed E-state index contributed by atoms with van der Waals surface area (Å²) >= 11 is 0. The normalized spacial score (nSPS) is 17.1. The lowest BCUT2D eigenvalue weighted by atomic mass is 10.1. The number of amides is 1. The molecule has 9 nitrogen and oxygen atoms in total. The summed E-state index contributed by atoms with van der Waals surface area (Å²) in [6.45, 7) is 5.95. The van der Waals surface area contributed by atoms with Gasteiger partial charge in [0.1, 0.15) is 0 Å². The average molecular weight is 419 g/mol. The molecule has 0 saturated carbocycles. The maximum Gasteiger partial charge on any atom is 0.254 e. The van der Waals surface area contributed by atoms with Crippen LogP contribution in [-0.2, 0) is 4.74 Å². The zero-order chi connectivity index (χ0) is 21.0. The van der Waals surface area contributed by atoms with Gasteiger partial charge in [-0.2, -0.15) is 10.2 Å². The molecule has 9 heteroatoms. The summed E-state index contributed by atoms with van der Waals surface area (Å²) in [5.41, 5.74) is 2.63. The predicted octanol–water partition coefficient (Wildman–Crippen LogP) is 1.46. The molecule has 0 aliphatic carbocycles. The highest BCUT2D eigenvalue weighted by Crippen LogP contribution is 2.21. The van der Waals surface area contributed by atoms with E-state index in [0.717, 1.165) is 56.6 Å². The summed E-state index contributed by atoms with van der Waals surface area (Å²) in [6.07, 6.45) is 5.40. The molecule has 0 atom stereocenters. The van der Waals surface area contributed by atoms with Crippen molar-refractivity contribution in [3.63, 3.8) is 0 Å². The summed E-state index contributed by atoms with van der Waals surface area (Å²) < 4.78 is 7.20. The van der Waals surface area contributed by atoms with Crippen molar-refractivity contribution in [1.29, 1.82) is 0 Å². The van der Waals surface area contributed by atoms with Crippen LogP contribution in [0.1, 0.15) is 10.4 Å². The van der Waals surface area contributed by atoms with E-state index >= 15 is 0 Å². The molecule has 31 heavy (non-hydrogen) atoms. The van der Waals surface area contributed by atoms with Crippen molar-refractivity contribution < 1.29 is 9.53 Å². The number of aromatic nitrogens is 4. The molecular formula is C22H25N7O2. The molecule has 2 fully saturated rings. The third-order valence-electron chi connectivity index (χ3n) is 5.76. The zero-order valence-corrected chi connectivity index (χ0v) is 17.3. The summed E-state index contributed by atoms with van der Waals surface area (Å²) in [5, 5.41) is 12.8. The first-order valence-corrected chi connectivity index (χ1v) is 10.6. The molecule has 2 saturated heterocycles. The van der Waals surface area contributed by atoms with Crippen LogP contribution in [0.15, 0.2) is 55.0 Å². The summed E-state index contributed by atoms with van der Waals surface area (Å²) in [5.74, 6) is 0.901. The third kappa shape index (κ3) is 4.22. The van der Waals surface area contributed by atoms with E-state index in [2.05, 4.69) is 31.2 Å². The van der Waals surface area contributed by atoms with E-state index in [1.807, 2.05) is 41.4 Å². The van der Waals surface area contributed by atoms with E-state index in [1.54, 1.807) is 17.1 Å². The minimum Gasteiger partial charge on any atom is -0.378 e. The number of carbonyl (C=O) groups is 1. The third-order valence-corrected chi connectivity index (χ3v) is 5.76. The van der Waals surface area contributed by atoms with Crippen molar-refractivity contribution in [3.05, 3.63) is 60.6 Å². The molecule has 0 spiro atoms. The number of benzene rings is 1. The molecule has 4 heterocycles. The molecule has 2 aliphatic heterocycles. The van der Waals surface area contributed by atoms with Crippen LogP contribution in [0.25, 0.3) is 5.69 Å². The average Bonchev–Trinajstić information content (AvgIpc) is 3.40. The Morgan fingerprint density at radius 1 is 0.903 bits per heavy atom. The molecule has 2 aromatic heterocycles. The fraction of sp³-hybridized carbons (Fsp3) is 0.364. The molecular weight excluding hydrogens is 394 g/mol. The topological polar surface area (TPSA) is 79.6 Å². The van der Waals surface area contributed by atoms with Crippen molar-refractivity contribution in [2.24, 2.45) is 0 Å². The van der Waals surface area contributed by atoms with Gasteiger partial charge in [-0.05, 0) is 24.3 Å². The summed E-state index contributed by atoms with van der Waals surface area (Å²) in [6, 6.07) is 11.5. The van der Waals surface area contributed by atoms with Crippen LogP contribution in [0.5, 0.6) is 0 Å². The second kappa shape index (κ2) is 8.73. The number of ether oxygens (including phenoxy) is 1. The molecule has 0 N–H and O–H groups in total. The van der Waals surface area contributed by atoms with Gasteiger partial charge in [-0.3, -0.25) is 4.79 Å². The maximum atomic E-state index is 13.1. The number of rotatable bonds is 4. The van der Waals surface area contributed by atoms with Crippen LogP contribution >= 0.6 is 0 Å². The second-order valence-electron chi connectivity index (χ2n) is 7.65. The SMILES string of the molecule is O=C(c1cccc(-n2cccn2)c1)N1CCN(c2cc(N3CCOCC3)cnn2)CC1. The Morgan fingerprint density at radius 2 is 1.74 bits per heavy atom. The van der Waals surface area contributed by atoms with Gasteiger partial charge >= 0.3 is 0 Å². The second-order valence-corrected chi connectivity index (χ2v) is 7.65. The van der Waals surface area contributed by atoms with Crippen LogP contribution in [0.4, 0.5) is 11.5 Å². The fourth-order valence-electron chi connectivity index (χ4n) is 4.02. The summed E-state index contributed by atoms with van der Waals surface area (Å²) in [4.78, 5) is 19.4. The number of piperazine rings is 1. The molecule has 1 amide bonds. The first-order valence-electron chi connectivity index (χ1n) is 10.6. The van der Waals surface area contributed by atoms with Gasteiger partial charge in [0.25, 0.3) is 5.91 Å². The highest BCUT2D eigenvalue weighted by atomic mass is 16.5. The Kier molecular flexibility index (Phi) is 5.49. The van der Waals surface area contributed by atoms with Gasteiger partial charge in [-0.1, -0.05) is 6.07 Å². The smallest absolute Gasteiger partial charge is 0.254 e. The quantitative estimate of drug-likeness (QED) is 0.633. The number of hydrogen-bond donors (Lipinski definition) is 0. The minimum atomic E-state index is 0.0433. The van der Waals surface area contributed by atoms with Crippen LogP contribution in [-0.4, -0.2) is 83.3 Å². The molecule has 3 aromatic rings. The van der Waals surface area contributed by atoms with Crippen molar-refractivity contribution in [1.82, 2.24) is 24.9 Å². The number of hydrogen-bond acceptors (Lipinski definition) is 7. The van der Waals surface area contributed by atoms with Crippen LogP contribution in [0, 0.1) is 0 Å². The van der Waals surface area contributed by atoms with E-state index in [9.17, 15) is 4.79 Å². The molecule has 0 unspecified atom stereocenters. The Balaban J connectivity index is 1.24. The van der Waals surface area contributed by atoms with Gasteiger partial charge in [0, 0.05) is 63.3 Å². The largest absolute Gasteiger partial charge is 0.378 e. The Bertz CT molecular complexity index is 1030.